The van der Waals surface area contributed by atoms with Crippen LogP contribution in [0.15, 0.2) is 30.3 Å². The molecule has 0 unspecified atom stereocenters. The molecule has 1 aromatic rings. The van der Waals surface area contributed by atoms with Crippen LogP contribution in [-0.2, 0) is 15.6 Å². The van der Waals surface area contributed by atoms with Gasteiger partial charge in [0.2, 0.25) is 0 Å². The Morgan fingerprint density at radius 3 is 2.50 bits per heavy atom. The number of rotatable bonds is 7. The van der Waals surface area contributed by atoms with Gasteiger partial charge in [-0.2, -0.15) is 0 Å². The van der Waals surface area contributed by atoms with Gasteiger partial charge in [0, 0.05) is 0 Å². The van der Waals surface area contributed by atoms with Gasteiger partial charge in [-0.25, -0.2) is 0 Å². The largest absolute Gasteiger partial charge is 0.415 e. The van der Waals surface area contributed by atoms with E-state index in [4.69, 9.17) is 9.16 Å². The molecule has 0 saturated heterocycles. The van der Waals surface area contributed by atoms with E-state index in [0.29, 0.717) is 6.10 Å². The highest BCUT2D eigenvalue weighted by atomic mass is 28.4. The monoisotopic (exact) mass is 264 g/mol. The quantitative estimate of drug-likeness (QED) is 0.554. The Kier molecular flexibility index (Phi) is 4.59. The molecule has 2 rings (SSSR count). The molecular formula is C15H24O2Si. The Bertz CT molecular complexity index is 359. The Hall–Kier alpha value is -0.643. The molecule has 1 saturated carbocycles. The molecule has 1 aromatic carbocycles. The molecule has 1 aliphatic carbocycles. The minimum atomic E-state index is -1.37. The predicted octanol–water partition coefficient (Wildman–Crippen LogP) is 3.49. The van der Waals surface area contributed by atoms with Crippen LogP contribution in [0.25, 0.3) is 0 Å². The molecule has 100 valence electrons. The summed E-state index contributed by atoms with van der Waals surface area (Å²) in [6.45, 7) is 8.14. The first kappa shape index (κ1) is 13.8. The average Bonchev–Trinajstić information content (AvgIpc) is 3.03. The van der Waals surface area contributed by atoms with E-state index in [1.54, 1.807) is 0 Å². The highest BCUT2D eigenvalue weighted by molar-refractivity contribution is 6.69. The maximum absolute atomic E-state index is 5.83. The summed E-state index contributed by atoms with van der Waals surface area (Å²) in [4.78, 5) is 0. The third-order valence-corrected chi connectivity index (χ3v) is 4.22. The van der Waals surface area contributed by atoms with Crippen LogP contribution in [0.3, 0.4) is 0 Å². The second kappa shape index (κ2) is 6.00. The van der Waals surface area contributed by atoms with Crippen LogP contribution in [0.1, 0.15) is 12.0 Å². The van der Waals surface area contributed by atoms with Gasteiger partial charge >= 0.3 is 0 Å². The summed E-state index contributed by atoms with van der Waals surface area (Å²) in [6, 6.07) is 10.7. The standard InChI is InChI=1S/C15H24O2Si/c1-18(2,3)17-10-9-16-15-12-14(15)11-13-7-5-4-6-8-13/h4-8,14-15H,9-12H2,1-3H3/t14-,15+/m1/s1. The normalized spacial score (nSPS) is 23.1. The van der Waals surface area contributed by atoms with Gasteiger partial charge in [-0.05, 0) is 44.0 Å². The predicted molar refractivity (Wildman–Crippen MR) is 77.3 cm³/mol. The summed E-state index contributed by atoms with van der Waals surface area (Å²) >= 11 is 0. The van der Waals surface area contributed by atoms with Crippen LogP contribution in [-0.4, -0.2) is 27.6 Å². The van der Waals surface area contributed by atoms with Crippen molar-refractivity contribution in [1.29, 1.82) is 0 Å². The molecule has 18 heavy (non-hydrogen) atoms. The van der Waals surface area contributed by atoms with Crippen molar-refractivity contribution in [2.75, 3.05) is 13.2 Å². The first-order valence-corrected chi connectivity index (χ1v) is 10.2. The molecule has 2 nitrogen and oxygen atoms in total. The van der Waals surface area contributed by atoms with Gasteiger partial charge in [0.25, 0.3) is 0 Å². The molecule has 3 heteroatoms. The topological polar surface area (TPSA) is 18.5 Å². The number of hydrogen-bond donors (Lipinski definition) is 0. The Balaban J connectivity index is 1.58. The van der Waals surface area contributed by atoms with Crippen LogP contribution in [0.2, 0.25) is 19.6 Å². The summed E-state index contributed by atoms with van der Waals surface area (Å²) in [6.07, 6.45) is 2.83. The molecule has 1 aliphatic rings. The van der Waals surface area contributed by atoms with E-state index >= 15 is 0 Å². The lowest BCUT2D eigenvalue weighted by molar-refractivity contribution is 0.0778. The van der Waals surface area contributed by atoms with Gasteiger partial charge in [0.05, 0.1) is 19.3 Å². The molecule has 0 amide bonds. The second-order valence-electron chi connectivity index (χ2n) is 6.06. The number of benzene rings is 1. The molecule has 0 N–H and O–H groups in total. The van der Waals surface area contributed by atoms with E-state index < -0.39 is 8.32 Å². The minimum absolute atomic E-state index is 0.468. The third kappa shape index (κ3) is 4.92. The minimum Gasteiger partial charge on any atom is -0.415 e. The zero-order valence-electron chi connectivity index (χ0n) is 11.7. The van der Waals surface area contributed by atoms with Crippen LogP contribution in [0.4, 0.5) is 0 Å². The van der Waals surface area contributed by atoms with E-state index in [-0.39, 0.29) is 0 Å². The smallest absolute Gasteiger partial charge is 0.183 e. The first-order valence-electron chi connectivity index (χ1n) is 6.84. The highest BCUT2D eigenvalue weighted by Crippen LogP contribution is 2.36. The Labute approximate surface area is 111 Å². The molecule has 0 radical (unpaired) electrons. The van der Waals surface area contributed by atoms with E-state index in [1.165, 1.54) is 12.0 Å². The van der Waals surface area contributed by atoms with Gasteiger partial charge in [0.1, 0.15) is 0 Å². The Morgan fingerprint density at radius 2 is 1.83 bits per heavy atom. The maximum Gasteiger partial charge on any atom is 0.183 e. The third-order valence-electron chi connectivity index (χ3n) is 3.15. The van der Waals surface area contributed by atoms with Gasteiger partial charge in [-0.3, -0.25) is 0 Å². The van der Waals surface area contributed by atoms with Crippen molar-refractivity contribution < 1.29 is 9.16 Å². The van der Waals surface area contributed by atoms with Gasteiger partial charge in [-0.1, -0.05) is 30.3 Å². The lowest BCUT2D eigenvalue weighted by Gasteiger charge is -2.16. The molecular weight excluding hydrogens is 240 g/mol. The zero-order valence-corrected chi connectivity index (χ0v) is 12.7. The van der Waals surface area contributed by atoms with Crippen LogP contribution >= 0.6 is 0 Å². The summed E-state index contributed by atoms with van der Waals surface area (Å²) in [5.74, 6) is 0.722. The molecule has 0 heterocycles. The zero-order chi connectivity index (χ0) is 13.0. The molecule has 0 spiro atoms. The number of hydrogen-bond acceptors (Lipinski definition) is 2. The van der Waals surface area contributed by atoms with Crippen molar-refractivity contribution in [3.05, 3.63) is 35.9 Å². The van der Waals surface area contributed by atoms with Crippen molar-refractivity contribution in [3.8, 4) is 0 Å². The van der Waals surface area contributed by atoms with Crippen molar-refractivity contribution >= 4 is 8.32 Å². The molecule has 2 atom stereocenters. The Morgan fingerprint density at radius 1 is 1.11 bits per heavy atom. The molecule has 0 aliphatic heterocycles. The fourth-order valence-electron chi connectivity index (χ4n) is 2.10. The second-order valence-corrected chi connectivity index (χ2v) is 10.6. The summed E-state index contributed by atoms with van der Waals surface area (Å²) in [7, 11) is -1.37. The summed E-state index contributed by atoms with van der Waals surface area (Å²) < 4.78 is 11.6. The van der Waals surface area contributed by atoms with Gasteiger partial charge in [0.15, 0.2) is 8.32 Å². The van der Waals surface area contributed by atoms with Crippen molar-refractivity contribution in [2.45, 2.75) is 38.6 Å². The lowest BCUT2D eigenvalue weighted by Crippen LogP contribution is -2.27. The highest BCUT2D eigenvalue weighted by Gasteiger charge is 2.37. The molecule has 1 fully saturated rings. The van der Waals surface area contributed by atoms with E-state index in [9.17, 15) is 0 Å². The maximum atomic E-state index is 5.83. The number of ether oxygens (including phenoxy) is 1. The summed E-state index contributed by atoms with van der Waals surface area (Å²) in [5.41, 5.74) is 1.42. The average molecular weight is 264 g/mol. The van der Waals surface area contributed by atoms with Crippen molar-refractivity contribution in [1.82, 2.24) is 0 Å². The fraction of sp³-hybridized carbons (Fsp3) is 0.600. The van der Waals surface area contributed by atoms with Crippen LogP contribution in [0.5, 0.6) is 0 Å². The first-order chi connectivity index (χ1) is 8.54. The van der Waals surface area contributed by atoms with Gasteiger partial charge < -0.3 is 9.16 Å². The van der Waals surface area contributed by atoms with Crippen LogP contribution < -0.4 is 0 Å². The van der Waals surface area contributed by atoms with E-state index in [1.807, 2.05) is 0 Å². The van der Waals surface area contributed by atoms with E-state index in [2.05, 4.69) is 50.0 Å². The SMILES string of the molecule is C[Si](C)(C)OCCO[C@H]1C[C@H]1Cc1ccccc1. The van der Waals surface area contributed by atoms with E-state index in [0.717, 1.165) is 25.6 Å². The van der Waals surface area contributed by atoms with Crippen molar-refractivity contribution in [3.63, 3.8) is 0 Å². The fourth-order valence-corrected chi connectivity index (χ4v) is 2.80. The van der Waals surface area contributed by atoms with Gasteiger partial charge in [-0.15, -0.1) is 0 Å². The summed E-state index contributed by atoms with van der Waals surface area (Å²) in [5, 5.41) is 0. The van der Waals surface area contributed by atoms with Crippen molar-refractivity contribution in [2.24, 2.45) is 5.92 Å². The molecule has 0 aromatic heterocycles. The molecule has 0 bridgehead atoms. The van der Waals surface area contributed by atoms with Crippen LogP contribution in [0, 0.1) is 5.92 Å². The lowest BCUT2D eigenvalue weighted by atomic mass is 10.1.